The van der Waals surface area contributed by atoms with Gasteiger partial charge in [0, 0.05) is 10.4 Å². The molecular formula is C25H20FN5OS2. The molecule has 0 aliphatic heterocycles. The molecule has 1 aliphatic carbocycles. The molecule has 0 fully saturated rings. The number of aromatic nitrogens is 3. The Balaban J connectivity index is 1.35. The van der Waals surface area contributed by atoms with Crippen LogP contribution in [0, 0.1) is 17.1 Å². The molecule has 0 spiro atoms. The van der Waals surface area contributed by atoms with E-state index in [0.29, 0.717) is 28.1 Å². The fraction of sp³-hybridized carbons (Fsp3) is 0.200. The summed E-state index contributed by atoms with van der Waals surface area (Å²) in [6.45, 7) is 0.515. The van der Waals surface area contributed by atoms with Gasteiger partial charge in [0.25, 0.3) is 0 Å². The lowest BCUT2D eigenvalue weighted by Crippen LogP contribution is -2.15. The summed E-state index contributed by atoms with van der Waals surface area (Å²) in [5, 5.41) is 22.3. The number of hydrogen-bond acceptors (Lipinski definition) is 6. The van der Waals surface area contributed by atoms with Crippen molar-refractivity contribution in [3.63, 3.8) is 0 Å². The van der Waals surface area contributed by atoms with Gasteiger partial charge in [0.15, 0.2) is 11.0 Å². The summed E-state index contributed by atoms with van der Waals surface area (Å²) in [6.07, 6.45) is 2.93. The molecule has 0 atom stereocenters. The van der Waals surface area contributed by atoms with Crippen molar-refractivity contribution in [2.45, 2.75) is 31.0 Å². The number of halogens is 1. The minimum absolute atomic E-state index is 0.129. The molecule has 2 heterocycles. The van der Waals surface area contributed by atoms with Crippen LogP contribution in [0.3, 0.4) is 0 Å². The SMILES string of the molecule is N#Cc1c(NC(=O)CSc2nnc(-c3ccc(F)cc3)n2Cc2ccccc2)sc2c1CCC2. The molecule has 34 heavy (non-hydrogen) atoms. The number of thioether (sulfide) groups is 1. The normalized spacial score (nSPS) is 12.4. The first-order valence-electron chi connectivity index (χ1n) is 10.8. The molecule has 2 aromatic carbocycles. The van der Waals surface area contributed by atoms with Gasteiger partial charge in [0.05, 0.1) is 17.9 Å². The Morgan fingerprint density at radius 2 is 1.94 bits per heavy atom. The van der Waals surface area contributed by atoms with Crippen molar-refractivity contribution < 1.29 is 9.18 Å². The third-order valence-electron chi connectivity index (χ3n) is 5.62. The summed E-state index contributed by atoms with van der Waals surface area (Å²) in [4.78, 5) is 13.9. The third-order valence-corrected chi connectivity index (χ3v) is 7.80. The molecule has 5 rings (SSSR count). The van der Waals surface area contributed by atoms with Gasteiger partial charge in [0.1, 0.15) is 16.9 Å². The fourth-order valence-corrected chi connectivity index (χ4v) is 6.01. The summed E-state index contributed by atoms with van der Waals surface area (Å²) in [5.41, 5.74) is 3.49. The molecule has 1 N–H and O–H groups in total. The van der Waals surface area contributed by atoms with Crippen LogP contribution >= 0.6 is 23.1 Å². The zero-order chi connectivity index (χ0) is 23.5. The number of nitriles is 1. The Morgan fingerprint density at radius 1 is 1.15 bits per heavy atom. The van der Waals surface area contributed by atoms with Crippen molar-refractivity contribution in [3.8, 4) is 17.5 Å². The number of carbonyl (C=O) groups excluding carboxylic acids is 1. The predicted octanol–water partition coefficient (Wildman–Crippen LogP) is 5.29. The number of benzene rings is 2. The van der Waals surface area contributed by atoms with Crippen molar-refractivity contribution in [1.82, 2.24) is 14.8 Å². The van der Waals surface area contributed by atoms with Crippen LogP contribution < -0.4 is 5.32 Å². The molecule has 0 saturated heterocycles. The van der Waals surface area contributed by atoms with Gasteiger partial charge in [-0.3, -0.25) is 9.36 Å². The van der Waals surface area contributed by atoms with Gasteiger partial charge in [-0.2, -0.15) is 5.26 Å². The maximum atomic E-state index is 13.4. The molecule has 4 aromatic rings. The predicted molar refractivity (Wildman–Crippen MR) is 131 cm³/mol. The highest BCUT2D eigenvalue weighted by atomic mass is 32.2. The average Bonchev–Trinajstić information content (AvgIpc) is 3.54. The highest BCUT2D eigenvalue weighted by molar-refractivity contribution is 7.99. The number of nitrogens with zero attached hydrogens (tertiary/aromatic N) is 4. The van der Waals surface area contributed by atoms with Crippen LogP contribution in [0.15, 0.2) is 59.8 Å². The van der Waals surface area contributed by atoms with E-state index in [1.807, 2.05) is 34.9 Å². The first-order valence-corrected chi connectivity index (χ1v) is 12.6. The van der Waals surface area contributed by atoms with Crippen molar-refractivity contribution in [2.24, 2.45) is 0 Å². The van der Waals surface area contributed by atoms with Crippen molar-refractivity contribution >= 4 is 34.0 Å². The van der Waals surface area contributed by atoms with Crippen LogP contribution in [-0.2, 0) is 24.2 Å². The summed E-state index contributed by atoms with van der Waals surface area (Å²) >= 11 is 2.78. The smallest absolute Gasteiger partial charge is 0.235 e. The highest BCUT2D eigenvalue weighted by Gasteiger charge is 2.23. The zero-order valence-electron chi connectivity index (χ0n) is 18.1. The van der Waals surface area contributed by atoms with Crippen LogP contribution in [0.1, 0.15) is 28.0 Å². The number of anilines is 1. The maximum Gasteiger partial charge on any atom is 0.235 e. The van der Waals surface area contributed by atoms with E-state index in [0.717, 1.165) is 36.0 Å². The number of carbonyl (C=O) groups is 1. The van der Waals surface area contributed by atoms with Crippen molar-refractivity contribution in [3.05, 3.63) is 82.0 Å². The number of fused-ring (bicyclic) bond motifs is 1. The summed E-state index contributed by atoms with van der Waals surface area (Å²) in [7, 11) is 0. The van der Waals surface area contributed by atoms with Crippen molar-refractivity contribution in [1.29, 1.82) is 5.26 Å². The monoisotopic (exact) mass is 489 g/mol. The second kappa shape index (κ2) is 9.79. The number of aryl methyl sites for hydroxylation is 1. The lowest BCUT2D eigenvalue weighted by Gasteiger charge is -2.11. The van der Waals surface area contributed by atoms with Gasteiger partial charge in [-0.05, 0) is 54.7 Å². The summed E-state index contributed by atoms with van der Waals surface area (Å²) in [5.74, 6) is 0.219. The summed E-state index contributed by atoms with van der Waals surface area (Å²) < 4.78 is 15.4. The average molecular weight is 490 g/mol. The molecular weight excluding hydrogens is 469 g/mol. The second-order valence-corrected chi connectivity index (χ2v) is 9.94. The van der Waals surface area contributed by atoms with Gasteiger partial charge in [-0.15, -0.1) is 21.5 Å². The first kappa shape index (κ1) is 22.3. The Labute approximate surface area is 204 Å². The fourth-order valence-electron chi connectivity index (χ4n) is 4.02. The van der Waals surface area contributed by atoms with Gasteiger partial charge in [0.2, 0.25) is 5.91 Å². The van der Waals surface area contributed by atoms with E-state index in [2.05, 4.69) is 21.6 Å². The quantitative estimate of drug-likeness (QED) is 0.357. The van der Waals surface area contributed by atoms with E-state index < -0.39 is 0 Å². The Bertz CT molecular complexity index is 1370. The van der Waals surface area contributed by atoms with Gasteiger partial charge in [-0.25, -0.2) is 4.39 Å². The third kappa shape index (κ3) is 4.60. The largest absolute Gasteiger partial charge is 0.316 e. The Hall–Kier alpha value is -3.48. The topological polar surface area (TPSA) is 83.6 Å². The van der Waals surface area contributed by atoms with Gasteiger partial charge in [-0.1, -0.05) is 42.1 Å². The molecule has 0 unspecified atom stereocenters. The van der Waals surface area contributed by atoms with Crippen LogP contribution in [0.2, 0.25) is 0 Å². The highest BCUT2D eigenvalue weighted by Crippen LogP contribution is 2.38. The minimum atomic E-state index is -0.319. The van der Waals surface area contributed by atoms with E-state index >= 15 is 0 Å². The van der Waals surface area contributed by atoms with Crippen LogP contribution in [0.25, 0.3) is 11.4 Å². The van der Waals surface area contributed by atoms with Gasteiger partial charge >= 0.3 is 0 Å². The number of thiophene rings is 1. The Kier molecular flexibility index (Phi) is 6.43. The van der Waals surface area contributed by atoms with E-state index in [-0.39, 0.29) is 17.5 Å². The molecule has 9 heteroatoms. The van der Waals surface area contributed by atoms with Gasteiger partial charge < -0.3 is 5.32 Å². The van der Waals surface area contributed by atoms with Crippen LogP contribution in [-0.4, -0.2) is 26.4 Å². The van der Waals surface area contributed by atoms with E-state index in [1.165, 1.54) is 40.1 Å². The standard InChI is InChI=1S/C25H20FN5OS2/c26-18-11-9-17(10-12-18)23-29-30-25(31(23)14-16-5-2-1-3-6-16)33-15-22(32)28-24-20(13-27)19-7-4-8-21(19)34-24/h1-3,5-6,9-12H,4,7-8,14-15H2,(H,28,32). The van der Waals surface area contributed by atoms with Crippen molar-refractivity contribution in [2.75, 3.05) is 11.1 Å². The molecule has 1 aliphatic rings. The first-order chi connectivity index (χ1) is 16.6. The summed E-state index contributed by atoms with van der Waals surface area (Å²) in [6, 6.07) is 18.3. The minimum Gasteiger partial charge on any atom is -0.316 e. The van der Waals surface area contributed by atoms with E-state index in [1.54, 1.807) is 12.1 Å². The number of hydrogen-bond donors (Lipinski definition) is 1. The molecule has 0 bridgehead atoms. The second-order valence-electron chi connectivity index (χ2n) is 7.89. The van der Waals surface area contributed by atoms with E-state index in [9.17, 15) is 14.4 Å². The number of rotatable bonds is 7. The number of nitrogens with one attached hydrogen (secondary N) is 1. The zero-order valence-corrected chi connectivity index (χ0v) is 19.8. The number of amides is 1. The maximum absolute atomic E-state index is 13.4. The Morgan fingerprint density at radius 3 is 2.71 bits per heavy atom. The molecule has 0 radical (unpaired) electrons. The molecule has 0 saturated carbocycles. The molecule has 2 aromatic heterocycles. The molecule has 170 valence electrons. The lowest BCUT2D eigenvalue weighted by atomic mass is 10.1. The molecule has 6 nitrogen and oxygen atoms in total. The van der Waals surface area contributed by atoms with E-state index in [4.69, 9.17) is 0 Å². The van der Waals surface area contributed by atoms with Crippen LogP contribution in [0.4, 0.5) is 9.39 Å². The molecule has 1 amide bonds. The lowest BCUT2D eigenvalue weighted by molar-refractivity contribution is -0.113. The van der Waals surface area contributed by atoms with Crippen LogP contribution in [0.5, 0.6) is 0 Å².